The second-order valence-electron chi connectivity index (χ2n) is 11.1. The number of hydrogen-bond acceptors (Lipinski definition) is 10. The Morgan fingerprint density at radius 2 is 1.93 bits per heavy atom. The van der Waals surface area contributed by atoms with E-state index < -0.39 is 27.7 Å². The predicted molar refractivity (Wildman–Crippen MR) is 159 cm³/mol. The number of benzene rings is 2. The first-order chi connectivity index (χ1) is 20.5. The van der Waals surface area contributed by atoms with E-state index in [0.29, 0.717) is 44.2 Å². The molecule has 2 bridgehead atoms. The normalized spacial score (nSPS) is 21.5. The van der Waals surface area contributed by atoms with Crippen molar-refractivity contribution in [3.63, 3.8) is 0 Å². The van der Waals surface area contributed by atoms with Gasteiger partial charge >= 0.3 is 5.97 Å². The minimum atomic E-state index is -3.80. The number of carbonyl (C=O) groups excluding carboxylic acids is 2. The molecule has 1 saturated heterocycles. The lowest BCUT2D eigenvalue weighted by Crippen LogP contribution is -2.39. The zero-order chi connectivity index (χ0) is 30.2. The average molecular weight is 666 g/mol. The summed E-state index contributed by atoms with van der Waals surface area (Å²) in [5.74, 6) is -1.55. The Balaban J connectivity index is 1.10. The molecule has 2 aromatic heterocycles. The number of ether oxygens (including phenoxy) is 1. The number of carbonyl (C=O) groups is 2. The number of piperidine rings is 1. The summed E-state index contributed by atoms with van der Waals surface area (Å²) in [6.07, 6.45) is 3.61. The standard InChI is InChI=1S/C28H23Cl2FN4O6S2/c1-43(38,39)34-26(36)13-8-18(31)23-20(9-13)42-28(32-23)35-11-14-7-15(35)10-19(14)40-27(37)22-24(33-41-25(22)12-5-6-12)21-16(29)3-2-4-17(21)30/h2-4,8-9,12,14-15,19H,5-7,10-11H2,1H3,(H,34,36)/t14-,15-,19+/m0/s1. The fourth-order valence-electron chi connectivity index (χ4n) is 5.96. The molecule has 4 aromatic rings. The molecular weight excluding hydrogens is 642 g/mol. The number of nitrogens with one attached hydrogen (secondary N) is 1. The lowest BCUT2D eigenvalue weighted by molar-refractivity contribution is 0.0191. The summed E-state index contributed by atoms with van der Waals surface area (Å²) in [5, 5.41) is 5.46. The van der Waals surface area contributed by atoms with Crippen LogP contribution in [0.1, 0.15) is 58.1 Å². The molecule has 15 heteroatoms. The Morgan fingerprint density at radius 1 is 1.19 bits per heavy atom. The predicted octanol–water partition coefficient (Wildman–Crippen LogP) is 5.79. The second kappa shape index (κ2) is 10.4. The number of halogens is 3. The van der Waals surface area contributed by atoms with Gasteiger partial charge in [-0.3, -0.25) is 4.79 Å². The van der Waals surface area contributed by atoms with Crippen LogP contribution in [0, 0.1) is 11.7 Å². The third kappa shape index (κ3) is 5.26. The molecule has 2 saturated carbocycles. The summed E-state index contributed by atoms with van der Waals surface area (Å²) in [6, 6.07) is 7.48. The lowest BCUT2D eigenvalue weighted by atomic mass is 10.0. The minimum absolute atomic E-state index is 0.0160. The summed E-state index contributed by atoms with van der Waals surface area (Å²) in [4.78, 5) is 32.5. The van der Waals surface area contributed by atoms with Crippen molar-refractivity contribution in [3.05, 3.63) is 63.1 Å². The summed E-state index contributed by atoms with van der Waals surface area (Å²) >= 11 is 14.1. The maximum atomic E-state index is 14.9. The van der Waals surface area contributed by atoms with Gasteiger partial charge in [0.2, 0.25) is 10.0 Å². The van der Waals surface area contributed by atoms with Crippen molar-refractivity contribution in [2.24, 2.45) is 5.92 Å². The quantitative estimate of drug-likeness (QED) is 0.244. The highest BCUT2D eigenvalue weighted by atomic mass is 35.5. The van der Waals surface area contributed by atoms with Crippen LogP contribution >= 0.6 is 34.5 Å². The van der Waals surface area contributed by atoms with E-state index in [1.165, 1.54) is 17.4 Å². The van der Waals surface area contributed by atoms with E-state index in [-0.39, 0.29) is 46.3 Å². The summed E-state index contributed by atoms with van der Waals surface area (Å²) < 4.78 is 51.7. The van der Waals surface area contributed by atoms with Crippen molar-refractivity contribution in [2.75, 3.05) is 17.7 Å². The highest BCUT2D eigenvalue weighted by Crippen LogP contribution is 2.48. The summed E-state index contributed by atoms with van der Waals surface area (Å²) in [6.45, 7) is 0.549. The number of fused-ring (bicyclic) bond motifs is 3. The van der Waals surface area contributed by atoms with Crippen molar-refractivity contribution in [1.82, 2.24) is 14.9 Å². The molecule has 0 unspecified atom stereocenters. The minimum Gasteiger partial charge on any atom is -0.458 e. The molecule has 3 atom stereocenters. The van der Waals surface area contributed by atoms with Crippen LogP contribution in [0.25, 0.3) is 21.5 Å². The maximum Gasteiger partial charge on any atom is 0.344 e. The van der Waals surface area contributed by atoms with Crippen molar-refractivity contribution in [2.45, 2.75) is 43.7 Å². The van der Waals surface area contributed by atoms with Gasteiger partial charge in [-0.15, -0.1) is 0 Å². The number of amides is 1. The van der Waals surface area contributed by atoms with Crippen molar-refractivity contribution in [3.8, 4) is 11.3 Å². The van der Waals surface area contributed by atoms with Gasteiger partial charge in [0.25, 0.3) is 5.91 Å². The van der Waals surface area contributed by atoms with E-state index >= 15 is 0 Å². The molecule has 224 valence electrons. The van der Waals surface area contributed by atoms with Crippen molar-refractivity contribution in [1.29, 1.82) is 0 Å². The van der Waals surface area contributed by atoms with Gasteiger partial charge in [0.15, 0.2) is 16.7 Å². The van der Waals surface area contributed by atoms with Crippen molar-refractivity contribution < 1.29 is 31.7 Å². The van der Waals surface area contributed by atoms with E-state index in [1.54, 1.807) is 18.2 Å². The first-order valence-electron chi connectivity index (χ1n) is 13.5. The largest absolute Gasteiger partial charge is 0.458 e. The first kappa shape index (κ1) is 28.5. The Hall–Kier alpha value is -3.26. The number of esters is 1. The molecule has 3 aliphatic rings. The molecule has 0 spiro atoms. The average Bonchev–Trinajstić information content (AvgIpc) is 3.26. The van der Waals surface area contributed by atoms with Crippen LogP contribution in [0.2, 0.25) is 10.0 Å². The first-order valence-corrected chi connectivity index (χ1v) is 17.0. The Labute approximate surface area is 259 Å². The van der Waals surface area contributed by atoms with Gasteiger partial charge in [0.05, 0.1) is 21.0 Å². The van der Waals surface area contributed by atoms with Gasteiger partial charge in [0.1, 0.15) is 22.9 Å². The number of hydrogen-bond donors (Lipinski definition) is 1. The number of thiazole rings is 1. The van der Waals surface area contributed by atoms with Crippen molar-refractivity contribution >= 4 is 71.8 Å². The Kier molecular flexibility index (Phi) is 6.91. The van der Waals surface area contributed by atoms with Crippen LogP contribution in [0.5, 0.6) is 0 Å². The monoisotopic (exact) mass is 664 g/mol. The zero-order valence-corrected chi connectivity index (χ0v) is 25.6. The molecule has 2 aromatic carbocycles. The lowest BCUT2D eigenvalue weighted by Gasteiger charge is -2.31. The third-order valence-electron chi connectivity index (χ3n) is 8.03. The molecule has 0 radical (unpaired) electrons. The van der Waals surface area contributed by atoms with Gasteiger partial charge in [-0.1, -0.05) is 45.8 Å². The topological polar surface area (TPSA) is 132 Å². The highest BCUT2D eigenvalue weighted by Gasteiger charge is 2.48. The number of rotatable bonds is 7. The van der Waals surface area contributed by atoms with Crippen LogP contribution in [0.4, 0.5) is 9.52 Å². The maximum absolute atomic E-state index is 14.9. The molecule has 7 rings (SSSR count). The van der Waals surface area contributed by atoms with E-state index in [2.05, 4.69) is 15.0 Å². The van der Waals surface area contributed by atoms with Gasteiger partial charge in [-0.2, -0.15) is 0 Å². The summed E-state index contributed by atoms with van der Waals surface area (Å²) in [5.41, 5.74) is 0.945. The molecule has 3 fully saturated rings. The molecule has 1 aliphatic heterocycles. The van der Waals surface area contributed by atoms with Crippen LogP contribution < -0.4 is 9.62 Å². The van der Waals surface area contributed by atoms with E-state index in [9.17, 15) is 22.4 Å². The molecular formula is C28H23Cl2FN4O6S2. The molecule has 2 aliphatic carbocycles. The number of nitrogens with zero attached hydrogens (tertiary/aromatic N) is 3. The Morgan fingerprint density at radius 3 is 2.58 bits per heavy atom. The fraction of sp³-hybridized carbons (Fsp3) is 0.357. The fourth-order valence-corrected chi connectivity index (χ4v) is 8.09. The number of anilines is 1. The SMILES string of the molecule is CS(=O)(=O)NC(=O)c1cc(F)c2nc(N3C[C@@H]4C[C@H]3C[C@H]4OC(=O)c3c(-c4c(Cl)cccc4Cl)noc3C3CC3)sc2c1. The van der Waals surface area contributed by atoms with Gasteiger partial charge in [-0.05, 0) is 43.5 Å². The van der Waals surface area contributed by atoms with Gasteiger partial charge in [-0.25, -0.2) is 27.3 Å². The molecule has 1 N–H and O–H groups in total. The molecule has 1 amide bonds. The van der Waals surface area contributed by atoms with Crippen LogP contribution in [-0.2, 0) is 14.8 Å². The molecule has 10 nitrogen and oxygen atoms in total. The van der Waals surface area contributed by atoms with E-state index in [0.717, 1.165) is 31.6 Å². The van der Waals surface area contributed by atoms with E-state index in [1.807, 2.05) is 4.72 Å². The zero-order valence-electron chi connectivity index (χ0n) is 22.5. The van der Waals surface area contributed by atoms with E-state index in [4.69, 9.17) is 32.5 Å². The van der Waals surface area contributed by atoms with Crippen LogP contribution in [0.3, 0.4) is 0 Å². The summed E-state index contributed by atoms with van der Waals surface area (Å²) in [7, 11) is -3.80. The highest BCUT2D eigenvalue weighted by molar-refractivity contribution is 7.89. The van der Waals surface area contributed by atoms with Crippen LogP contribution in [0.15, 0.2) is 34.9 Å². The van der Waals surface area contributed by atoms with Gasteiger partial charge in [0, 0.05) is 42.0 Å². The molecule has 43 heavy (non-hydrogen) atoms. The number of aromatic nitrogens is 2. The van der Waals surface area contributed by atoms with Crippen LogP contribution in [-0.4, -0.2) is 55.4 Å². The smallest absolute Gasteiger partial charge is 0.344 e. The Bertz CT molecular complexity index is 1900. The number of sulfonamides is 1. The van der Waals surface area contributed by atoms with Gasteiger partial charge < -0.3 is 14.2 Å². The molecule has 3 heterocycles. The second-order valence-corrected chi connectivity index (χ2v) is 14.7. The third-order valence-corrected chi connectivity index (χ3v) is 10.3.